The number of ether oxygens (including phenoxy) is 6. The maximum absolute atomic E-state index is 6.37. The largest absolute Gasteiger partial charge is 0.365 e. The van der Waals surface area contributed by atoms with Gasteiger partial charge in [0.15, 0.2) is 12.1 Å². The molecule has 3 aliphatic heterocycles. The van der Waals surface area contributed by atoms with E-state index in [1.807, 2.05) is 86.7 Å². The van der Waals surface area contributed by atoms with Gasteiger partial charge in [-0.1, -0.05) is 66.7 Å². The first-order valence-electron chi connectivity index (χ1n) is 10.7. The molecule has 0 aliphatic carbocycles. The number of rotatable bonds is 5. The Morgan fingerprint density at radius 1 is 0.968 bits per heavy atom. The molecule has 2 aromatic rings. The van der Waals surface area contributed by atoms with Crippen LogP contribution in [0.15, 0.2) is 66.7 Å². The lowest BCUT2D eigenvalue weighted by molar-refractivity contribution is -0.335. The molecule has 3 aliphatic rings. The quantitative estimate of drug-likeness (QED) is 0.726. The molecule has 6 nitrogen and oxygen atoms in total. The molecule has 6 heteroatoms. The Morgan fingerprint density at radius 3 is 2.42 bits per heavy atom. The van der Waals surface area contributed by atoms with Crippen LogP contribution >= 0.6 is 0 Å². The maximum Gasteiger partial charge on any atom is 0.224 e. The van der Waals surface area contributed by atoms with Gasteiger partial charge < -0.3 is 28.4 Å². The average Bonchev–Trinajstić information content (AvgIpc) is 3.34. The monoisotopic (exact) mass is 424 g/mol. The Hall–Kier alpha value is -2.06. The highest BCUT2D eigenvalue weighted by molar-refractivity contribution is 5.49. The zero-order chi connectivity index (χ0) is 21.3. The standard InChI is InChI=1S/C25H28O6/c1-24(2)28-17-25(31-24)23(26-15-19-11-7-4-8-12-19)22-20(16-27-25)29-21(30-22)14-13-18-9-5-3-6-10-18/h3-14,20-23H,15-17H2,1-2H3/b14-13+/t20-,21-,22-,23+,25+/m1/s1. The molecule has 3 fully saturated rings. The summed E-state index contributed by atoms with van der Waals surface area (Å²) in [6, 6.07) is 20.1. The van der Waals surface area contributed by atoms with E-state index in [1.165, 1.54) is 0 Å². The summed E-state index contributed by atoms with van der Waals surface area (Å²) >= 11 is 0. The molecule has 1 spiro atoms. The molecule has 0 amide bonds. The Labute approximate surface area is 182 Å². The van der Waals surface area contributed by atoms with E-state index >= 15 is 0 Å². The molecular formula is C25H28O6. The van der Waals surface area contributed by atoms with Crippen LogP contribution < -0.4 is 0 Å². The number of fused-ring (bicyclic) bond motifs is 1. The lowest BCUT2D eigenvalue weighted by Crippen LogP contribution is -2.62. The van der Waals surface area contributed by atoms with Crippen LogP contribution in [0.3, 0.4) is 0 Å². The molecule has 0 saturated carbocycles. The van der Waals surface area contributed by atoms with Crippen molar-refractivity contribution in [2.75, 3.05) is 13.2 Å². The van der Waals surface area contributed by atoms with Crippen LogP contribution in [-0.2, 0) is 35.0 Å². The number of benzene rings is 2. The molecule has 0 unspecified atom stereocenters. The van der Waals surface area contributed by atoms with Crippen LogP contribution in [0.4, 0.5) is 0 Å². The Morgan fingerprint density at radius 2 is 1.71 bits per heavy atom. The predicted molar refractivity (Wildman–Crippen MR) is 114 cm³/mol. The summed E-state index contributed by atoms with van der Waals surface area (Å²) in [6.45, 7) is 4.80. The fourth-order valence-electron chi connectivity index (χ4n) is 4.27. The van der Waals surface area contributed by atoms with E-state index in [9.17, 15) is 0 Å². The first-order chi connectivity index (χ1) is 15.0. The lowest BCUT2D eigenvalue weighted by Gasteiger charge is -2.43. The first kappa shape index (κ1) is 20.8. The summed E-state index contributed by atoms with van der Waals surface area (Å²) in [5.74, 6) is -1.78. The normalized spacial score (nSPS) is 34.4. The van der Waals surface area contributed by atoms with E-state index in [-0.39, 0.29) is 18.8 Å². The molecule has 31 heavy (non-hydrogen) atoms. The third-order valence-corrected chi connectivity index (χ3v) is 5.75. The molecule has 164 valence electrons. The van der Waals surface area contributed by atoms with E-state index in [1.54, 1.807) is 0 Å². The second kappa shape index (κ2) is 8.47. The van der Waals surface area contributed by atoms with Crippen LogP contribution in [0.1, 0.15) is 25.0 Å². The Balaban J connectivity index is 1.35. The SMILES string of the molecule is CC1(C)OC[C@]2(OC[C@H]3O[C@@H](/C=C/c4ccccc4)O[C@H]3[C@@H]2OCc2ccccc2)O1. The van der Waals surface area contributed by atoms with Crippen LogP contribution in [-0.4, -0.2) is 49.4 Å². The van der Waals surface area contributed by atoms with Gasteiger partial charge in [0, 0.05) is 0 Å². The van der Waals surface area contributed by atoms with E-state index in [0.717, 1.165) is 11.1 Å². The molecule has 2 aromatic carbocycles. The molecule has 5 atom stereocenters. The van der Waals surface area contributed by atoms with Crippen molar-refractivity contribution >= 4 is 6.08 Å². The lowest BCUT2D eigenvalue weighted by atomic mass is 9.97. The zero-order valence-corrected chi connectivity index (χ0v) is 17.8. The smallest absolute Gasteiger partial charge is 0.224 e. The second-order valence-electron chi connectivity index (χ2n) is 8.54. The van der Waals surface area contributed by atoms with Gasteiger partial charge in [-0.15, -0.1) is 0 Å². The molecule has 0 radical (unpaired) electrons. The van der Waals surface area contributed by atoms with Gasteiger partial charge >= 0.3 is 0 Å². The van der Waals surface area contributed by atoms with Gasteiger partial charge in [-0.3, -0.25) is 0 Å². The van der Waals surface area contributed by atoms with Crippen LogP contribution in [0.5, 0.6) is 0 Å². The van der Waals surface area contributed by atoms with Crippen LogP contribution in [0.2, 0.25) is 0 Å². The molecule has 0 aromatic heterocycles. The fourth-order valence-corrected chi connectivity index (χ4v) is 4.27. The highest BCUT2D eigenvalue weighted by Gasteiger charge is 2.62. The van der Waals surface area contributed by atoms with Crippen molar-refractivity contribution < 1.29 is 28.4 Å². The summed E-state index contributed by atoms with van der Waals surface area (Å²) in [4.78, 5) is 0. The summed E-state index contributed by atoms with van der Waals surface area (Å²) in [6.07, 6.45) is 2.36. The van der Waals surface area contributed by atoms with Crippen LogP contribution in [0, 0.1) is 0 Å². The molecule has 3 heterocycles. The van der Waals surface area contributed by atoms with Gasteiger partial charge in [0.2, 0.25) is 5.79 Å². The van der Waals surface area contributed by atoms with E-state index in [0.29, 0.717) is 13.2 Å². The Bertz CT molecular complexity index is 899. The van der Waals surface area contributed by atoms with Gasteiger partial charge in [0.05, 0.1) is 13.2 Å². The van der Waals surface area contributed by atoms with E-state index < -0.39 is 24.0 Å². The summed E-state index contributed by atoms with van der Waals surface area (Å²) < 4.78 is 37.0. The third kappa shape index (κ3) is 4.46. The second-order valence-corrected chi connectivity index (χ2v) is 8.54. The van der Waals surface area contributed by atoms with Crippen molar-refractivity contribution in [2.24, 2.45) is 0 Å². The molecule has 3 saturated heterocycles. The van der Waals surface area contributed by atoms with Crippen LogP contribution in [0.25, 0.3) is 6.08 Å². The van der Waals surface area contributed by atoms with Gasteiger partial charge in [-0.25, -0.2) is 0 Å². The van der Waals surface area contributed by atoms with E-state index in [4.69, 9.17) is 28.4 Å². The predicted octanol–water partition coefficient (Wildman–Crippen LogP) is 3.90. The molecule has 5 rings (SSSR count). The minimum atomic E-state index is -1.03. The Kier molecular flexibility index (Phi) is 5.69. The number of hydrogen-bond acceptors (Lipinski definition) is 6. The minimum absolute atomic E-state index is 0.246. The van der Waals surface area contributed by atoms with Crippen molar-refractivity contribution in [1.82, 2.24) is 0 Å². The summed E-state index contributed by atoms with van der Waals surface area (Å²) in [7, 11) is 0. The van der Waals surface area contributed by atoms with Gasteiger partial charge in [0.1, 0.15) is 24.9 Å². The van der Waals surface area contributed by atoms with E-state index in [2.05, 4.69) is 0 Å². The first-order valence-corrected chi connectivity index (χ1v) is 10.7. The third-order valence-electron chi connectivity index (χ3n) is 5.75. The summed E-state index contributed by atoms with van der Waals surface area (Å²) in [5.41, 5.74) is 2.15. The molecule has 0 bridgehead atoms. The summed E-state index contributed by atoms with van der Waals surface area (Å²) in [5, 5.41) is 0. The fraction of sp³-hybridized carbons (Fsp3) is 0.440. The van der Waals surface area contributed by atoms with Crippen molar-refractivity contribution in [3.8, 4) is 0 Å². The average molecular weight is 424 g/mol. The zero-order valence-electron chi connectivity index (χ0n) is 17.8. The van der Waals surface area contributed by atoms with Crippen molar-refractivity contribution in [3.63, 3.8) is 0 Å². The molecular weight excluding hydrogens is 396 g/mol. The minimum Gasteiger partial charge on any atom is -0.365 e. The van der Waals surface area contributed by atoms with Gasteiger partial charge in [-0.2, -0.15) is 0 Å². The van der Waals surface area contributed by atoms with Crippen molar-refractivity contribution in [2.45, 2.75) is 56.6 Å². The topological polar surface area (TPSA) is 55.4 Å². The number of hydrogen-bond donors (Lipinski definition) is 0. The highest BCUT2D eigenvalue weighted by atomic mass is 16.9. The van der Waals surface area contributed by atoms with Crippen molar-refractivity contribution in [1.29, 1.82) is 0 Å². The van der Waals surface area contributed by atoms with Gasteiger partial charge in [0.25, 0.3) is 0 Å². The van der Waals surface area contributed by atoms with Crippen molar-refractivity contribution in [3.05, 3.63) is 77.9 Å². The van der Waals surface area contributed by atoms with Gasteiger partial charge in [-0.05, 0) is 31.1 Å². The highest BCUT2D eigenvalue weighted by Crippen LogP contribution is 2.43. The maximum atomic E-state index is 6.37. The molecule has 0 N–H and O–H groups in total.